The zero-order valence-electron chi connectivity index (χ0n) is 7.49. The third-order valence-corrected chi connectivity index (χ3v) is 1.88. The van der Waals surface area contributed by atoms with Crippen molar-refractivity contribution >= 4 is 0 Å². The molecule has 0 bridgehead atoms. The summed E-state index contributed by atoms with van der Waals surface area (Å²) in [6.07, 6.45) is -0.590. The van der Waals surface area contributed by atoms with Gasteiger partial charge in [-0.1, -0.05) is 0 Å². The van der Waals surface area contributed by atoms with Crippen molar-refractivity contribution < 1.29 is 19.7 Å². The maximum Gasteiger partial charge on any atom is 0.163 e. The lowest BCUT2D eigenvalue weighted by molar-refractivity contribution is -0.151. The first-order chi connectivity index (χ1) is 5.55. The molecule has 72 valence electrons. The second kappa shape index (κ2) is 3.70. The van der Waals surface area contributed by atoms with E-state index in [-0.39, 0.29) is 12.7 Å². The van der Waals surface area contributed by atoms with Crippen LogP contribution in [0, 0.1) is 0 Å². The summed E-state index contributed by atoms with van der Waals surface area (Å²) >= 11 is 0. The first kappa shape index (κ1) is 9.92. The SMILES string of the molecule is CC1(C)OC[C@@H]([C@H](O)CCO)O1. The van der Waals surface area contributed by atoms with E-state index in [2.05, 4.69) is 0 Å². The van der Waals surface area contributed by atoms with Crippen LogP contribution in [0.3, 0.4) is 0 Å². The van der Waals surface area contributed by atoms with Crippen molar-refractivity contribution in [3.05, 3.63) is 0 Å². The highest BCUT2D eigenvalue weighted by Gasteiger charge is 2.36. The molecular formula is C8H16O4. The summed E-state index contributed by atoms with van der Waals surface area (Å²) in [6, 6.07) is 0. The van der Waals surface area contributed by atoms with Gasteiger partial charge in [0.1, 0.15) is 6.10 Å². The van der Waals surface area contributed by atoms with E-state index in [0.29, 0.717) is 13.0 Å². The van der Waals surface area contributed by atoms with Gasteiger partial charge in [-0.15, -0.1) is 0 Å². The molecule has 0 aliphatic carbocycles. The van der Waals surface area contributed by atoms with Gasteiger partial charge in [0.2, 0.25) is 0 Å². The Morgan fingerprint density at radius 1 is 1.58 bits per heavy atom. The third kappa shape index (κ3) is 2.42. The Kier molecular flexibility index (Phi) is 3.06. The van der Waals surface area contributed by atoms with E-state index in [1.807, 2.05) is 0 Å². The Balaban J connectivity index is 2.36. The van der Waals surface area contributed by atoms with Gasteiger partial charge in [0, 0.05) is 6.61 Å². The van der Waals surface area contributed by atoms with Crippen LogP contribution < -0.4 is 0 Å². The molecule has 0 aromatic carbocycles. The van der Waals surface area contributed by atoms with Gasteiger partial charge in [-0.2, -0.15) is 0 Å². The predicted molar refractivity (Wildman–Crippen MR) is 42.6 cm³/mol. The summed E-state index contributed by atoms with van der Waals surface area (Å²) in [5.41, 5.74) is 0. The maximum absolute atomic E-state index is 9.42. The van der Waals surface area contributed by atoms with Gasteiger partial charge in [-0.25, -0.2) is 0 Å². The molecule has 0 spiro atoms. The summed E-state index contributed by atoms with van der Waals surface area (Å²) in [5, 5.41) is 18.0. The van der Waals surface area contributed by atoms with E-state index in [1.54, 1.807) is 13.8 Å². The molecule has 12 heavy (non-hydrogen) atoms. The average molecular weight is 176 g/mol. The molecule has 4 heteroatoms. The highest BCUT2D eigenvalue weighted by molar-refractivity contribution is 4.77. The molecule has 1 fully saturated rings. The Morgan fingerprint density at radius 2 is 2.25 bits per heavy atom. The standard InChI is InChI=1S/C8H16O4/c1-8(2)11-5-7(12-8)6(10)3-4-9/h6-7,9-10H,3-5H2,1-2H3/t6-,7+/m1/s1. The highest BCUT2D eigenvalue weighted by Crippen LogP contribution is 2.24. The summed E-state index contributed by atoms with van der Waals surface area (Å²) in [4.78, 5) is 0. The highest BCUT2D eigenvalue weighted by atomic mass is 16.7. The minimum absolute atomic E-state index is 0.0263. The van der Waals surface area contributed by atoms with Gasteiger partial charge in [-0.3, -0.25) is 0 Å². The van der Waals surface area contributed by atoms with Gasteiger partial charge < -0.3 is 19.7 Å². The molecule has 1 aliphatic heterocycles. The minimum Gasteiger partial charge on any atom is -0.396 e. The number of aliphatic hydroxyl groups excluding tert-OH is 2. The van der Waals surface area contributed by atoms with Crippen LogP contribution in [0.4, 0.5) is 0 Å². The molecule has 1 heterocycles. The molecule has 0 aromatic rings. The molecule has 0 radical (unpaired) electrons. The van der Waals surface area contributed by atoms with Crippen molar-refractivity contribution in [1.29, 1.82) is 0 Å². The Hall–Kier alpha value is -0.160. The molecule has 2 N–H and O–H groups in total. The predicted octanol–water partition coefficient (Wildman–Crippen LogP) is -0.119. The fourth-order valence-corrected chi connectivity index (χ4v) is 1.22. The first-order valence-corrected chi connectivity index (χ1v) is 4.16. The van der Waals surface area contributed by atoms with Gasteiger partial charge >= 0.3 is 0 Å². The van der Waals surface area contributed by atoms with Gasteiger partial charge in [0.05, 0.1) is 12.7 Å². The van der Waals surface area contributed by atoms with Crippen LogP contribution in [0.25, 0.3) is 0 Å². The number of aliphatic hydroxyl groups is 2. The molecule has 0 saturated carbocycles. The monoisotopic (exact) mass is 176 g/mol. The van der Waals surface area contributed by atoms with Gasteiger partial charge in [0.15, 0.2) is 5.79 Å². The Labute approximate surface area is 72.1 Å². The summed E-state index contributed by atoms with van der Waals surface area (Å²) < 4.78 is 10.6. The van der Waals surface area contributed by atoms with Crippen molar-refractivity contribution in [1.82, 2.24) is 0 Å². The quantitative estimate of drug-likeness (QED) is 0.629. The Morgan fingerprint density at radius 3 is 2.67 bits per heavy atom. The molecule has 1 rings (SSSR count). The summed E-state index contributed by atoms with van der Waals surface area (Å²) in [7, 11) is 0. The lowest BCUT2D eigenvalue weighted by atomic mass is 10.1. The molecule has 1 aliphatic rings. The smallest absolute Gasteiger partial charge is 0.163 e. The number of hydrogen-bond donors (Lipinski definition) is 2. The van der Waals surface area contributed by atoms with E-state index in [0.717, 1.165) is 0 Å². The lowest BCUT2D eigenvalue weighted by Crippen LogP contribution is -2.31. The normalized spacial score (nSPS) is 30.5. The van der Waals surface area contributed by atoms with Crippen LogP contribution in [0.1, 0.15) is 20.3 Å². The number of hydrogen-bond acceptors (Lipinski definition) is 4. The topological polar surface area (TPSA) is 58.9 Å². The molecule has 2 atom stereocenters. The van der Waals surface area contributed by atoms with Crippen molar-refractivity contribution in [2.75, 3.05) is 13.2 Å². The third-order valence-electron chi connectivity index (χ3n) is 1.88. The summed E-state index contributed by atoms with van der Waals surface area (Å²) in [6.45, 7) is 3.98. The second-order valence-corrected chi connectivity index (χ2v) is 3.45. The van der Waals surface area contributed by atoms with Crippen LogP contribution in [0.5, 0.6) is 0 Å². The number of rotatable bonds is 3. The van der Waals surface area contributed by atoms with Crippen molar-refractivity contribution in [2.45, 2.75) is 38.3 Å². The number of ether oxygens (including phenoxy) is 2. The average Bonchev–Trinajstić information content (AvgIpc) is 2.31. The molecule has 0 unspecified atom stereocenters. The molecular weight excluding hydrogens is 160 g/mol. The van der Waals surface area contributed by atoms with E-state index < -0.39 is 11.9 Å². The van der Waals surface area contributed by atoms with E-state index >= 15 is 0 Å². The zero-order chi connectivity index (χ0) is 9.19. The fourth-order valence-electron chi connectivity index (χ4n) is 1.22. The minimum atomic E-state index is -0.628. The fraction of sp³-hybridized carbons (Fsp3) is 1.00. The molecule has 0 aromatic heterocycles. The maximum atomic E-state index is 9.42. The van der Waals surface area contributed by atoms with Crippen LogP contribution >= 0.6 is 0 Å². The first-order valence-electron chi connectivity index (χ1n) is 4.16. The lowest BCUT2D eigenvalue weighted by Gasteiger charge is -2.19. The summed E-state index contributed by atoms with van der Waals surface area (Å²) in [5.74, 6) is -0.596. The van der Waals surface area contributed by atoms with Gasteiger partial charge in [-0.05, 0) is 20.3 Å². The molecule has 4 nitrogen and oxygen atoms in total. The Bertz CT molecular complexity index is 146. The molecule has 0 amide bonds. The van der Waals surface area contributed by atoms with Crippen LogP contribution in [0.2, 0.25) is 0 Å². The van der Waals surface area contributed by atoms with Crippen molar-refractivity contribution in [3.8, 4) is 0 Å². The largest absolute Gasteiger partial charge is 0.396 e. The van der Waals surface area contributed by atoms with Gasteiger partial charge in [0.25, 0.3) is 0 Å². The van der Waals surface area contributed by atoms with Crippen LogP contribution in [-0.2, 0) is 9.47 Å². The van der Waals surface area contributed by atoms with Crippen molar-refractivity contribution in [3.63, 3.8) is 0 Å². The zero-order valence-corrected chi connectivity index (χ0v) is 7.49. The van der Waals surface area contributed by atoms with Crippen LogP contribution in [-0.4, -0.2) is 41.4 Å². The van der Waals surface area contributed by atoms with E-state index in [4.69, 9.17) is 14.6 Å². The van der Waals surface area contributed by atoms with E-state index in [9.17, 15) is 5.11 Å². The molecule has 1 saturated heterocycles. The van der Waals surface area contributed by atoms with E-state index in [1.165, 1.54) is 0 Å². The second-order valence-electron chi connectivity index (χ2n) is 3.45. The van der Waals surface area contributed by atoms with Crippen molar-refractivity contribution in [2.24, 2.45) is 0 Å². The van der Waals surface area contributed by atoms with Crippen LogP contribution in [0.15, 0.2) is 0 Å².